The Hall–Kier alpha value is -2.03. The molecule has 4 rings (SSSR count). The van der Waals surface area contributed by atoms with Gasteiger partial charge in [0, 0.05) is 0 Å². The van der Waals surface area contributed by atoms with E-state index in [2.05, 4.69) is 35.3 Å². The van der Waals surface area contributed by atoms with Crippen molar-refractivity contribution in [2.24, 2.45) is 0 Å². The Balaban J connectivity index is 1.80. The number of H-pyrrole nitrogens is 1. The number of aromatic amines is 1. The molecule has 0 fully saturated rings. The summed E-state index contributed by atoms with van der Waals surface area (Å²) in [4.78, 5) is 15.5. The number of hydrogen-bond acceptors (Lipinski definition) is 1. The minimum absolute atomic E-state index is 0.0980. The maximum absolute atomic E-state index is 12.4. The van der Waals surface area contributed by atoms with Gasteiger partial charge in [0.1, 0.15) is 0 Å². The third-order valence-electron chi connectivity index (χ3n) is 3.50. The molecule has 2 aromatic carbocycles. The molecule has 20 heavy (non-hydrogen) atoms. The third-order valence-corrected chi connectivity index (χ3v) is 5.74. The second-order valence-electron chi connectivity index (χ2n) is 4.83. The van der Waals surface area contributed by atoms with Crippen molar-refractivity contribution in [1.29, 1.82) is 0 Å². The monoisotopic (exact) mass is 328 g/mol. The van der Waals surface area contributed by atoms with E-state index in [1.165, 1.54) is 15.2 Å². The summed E-state index contributed by atoms with van der Waals surface area (Å²) >= 11 is 0.0980. The van der Waals surface area contributed by atoms with Crippen molar-refractivity contribution < 1.29 is 0 Å². The van der Waals surface area contributed by atoms with Crippen LogP contribution in [0.25, 0.3) is 20.5 Å². The molecule has 0 aliphatic heterocycles. The fraction of sp³-hybridized carbons (Fsp3) is 0.0625. The van der Waals surface area contributed by atoms with E-state index in [-0.39, 0.29) is 20.3 Å². The summed E-state index contributed by atoms with van der Waals surface area (Å²) < 4.78 is 3.15. The van der Waals surface area contributed by atoms with Crippen LogP contribution in [-0.4, -0.2) is 23.3 Å². The van der Waals surface area contributed by atoms with Crippen molar-refractivity contribution in [3.05, 3.63) is 70.6 Å². The van der Waals surface area contributed by atoms with Crippen molar-refractivity contribution in [2.75, 3.05) is 0 Å². The van der Waals surface area contributed by atoms with Gasteiger partial charge in [-0.05, 0) is 0 Å². The van der Waals surface area contributed by atoms with Crippen LogP contribution >= 0.6 is 0 Å². The van der Waals surface area contributed by atoms with Gasteiger partial charge in [-0.3, -0.25) is 0 Å². The van der Waals surface area contributed by atoms with E-state index in [9.17, 15) is 4.79 Å². The van der Waals surface area contributed by atoms with E-state index in [1.807, 2.05) is 28.0 Å². The molecule has 4 heteroatoms. The zero-order valence-corrected chi connectivity index (χ0v) is 12.4. The standard InChI is InChI=1S/C16H12N2OSe/c19-16-13-3-1-2-4-15(13)20-18(16)10-11-5-6-14-12(9-11)7-8-17-14/h1-9,17H,10H2. The normalized spacial score (nSPS) is 11.4. The zero-order chi connectivity index (χ0) is 13.5. The van der Waals surface area contributed by atoms with Crippen molar-refractivity contribution in [2.45, 2.75) is 6.54 Å². The maximum atomic E-state index is 12.4. The molecule has 4 aromatic rings. The Labute approximate surface area is 121 Å². The van der Waals surface area contributed by atoms with Crippen LogP contribution in [0, 0.1) is 0 Å². The average Bonchev–Trinajstić information content (AvgIpc) is 3.05. The summed E-state index contributed by atoms with van der Waals surface area (Å²) in [5.41, 5.74) is 2.48. The molecular weight excluding hydrogens is 315 g/mol. The van der Waals surface area contributed by atoms with Crippen LogP contribution in [0.2, 0.25) is 0 Å². The summed E-state index contributed by atoms with van der Waals surface area (Å²) in [7, 11) is 0. The van der Waals surface area contributed by atoms with Crippen LogP contribution in [0.5, 0.6) is 0 Å². The third kappa shape index (κ3) is 1.85. The zero-order valence-electron chi connectivity index (χ0n) is 10.7. The molecule has 0 saturated heterocycles. The van der Waals surface area contributed by atoms with Crippen molar-refractivity contribution in [3.63, 3.8) is 0 Å². The van der Waals surface area contributed by atoms with E-state index in [1.54, 1.807) is 0 Å². The van der Waals surface area contributed by atoms with Gasteiger partial charge >= 0.3 is 121 Å². The van der Waals surface area contributed by atoms with E-state index >= 15 is 0 Å². The predicted octanol–water partition coefficient (Wildman–Crippen LogP) is 2.59. The Morgan fingerprint density at radius 2 is 2.00 bits per heavy atom. The Kier molecular flexibility index (Phi) is 2.65. The molecule has 0 aliphatic carbocycles. The van der Waals surface area contributed by atoms with Crippen LogP contribution in [-0.2, 0) is 6.54 Å². The summed E-state index contributed by atoms with van der Waals surface area (Å²) in [5, 5.41) is 2.06. The van der Waals surface area contributed by atoms with Gasteiger partial charge in [-0.25, -0.2) is 0 Å². The van der Waals surface area contributed by atoms with Gasteiger partial charge in [0.25, 0.3) is 0 Å². The molecule has 0 radical (unpaired) electrons. The second kappa shape index (κ2) is 4.51. The average molecular weight is 327 g/mol. The summed E-state index contributed by atoms with van der Waals surface area (Å²) in [6.45, 7) is 0.689. The Bertz CT molecular complexity index is 961. The van der Waals surface area contributed by atoms with Gasteiger partial charge in [-0.15, -0.1) is 0 Å². The fourth-order valence-electron chi connectivity index (χ4n) is 2.49. The molecule has 3 nitrogen and oxygen atoms in total. The van der Waals surface area contributed by atoms with Crippen LogP contribution in [0.4, 0.5) is 0 Å². The molecule has 2 heterocycles. The van der Waals surface area contributed by atoms with E-state index in [0.717, 1.165) is 10.9 Å². The molecule has 98 valence electrons. The first-order valence-corrected chi connectivity index (χ1v) is 8.08. The molecule has 0 spiro atoms. The van der Waals surface area contributed by atoms with E-state index < -0.39 is 0 Å². The molecule has 0 aliphatic rings. The van der Waals surface area contributed by atoms with Crippen molar-refractivity contribution >= 4 is 35.3 Å². The molecule has 0 atom stereocenters. The van der Waals surface area contributed by atoms with Crippen molar-refractivity contribution in [1.82, 2.24) is 8.55 Å². The first-order chi connectivity index (χ1) is 9.81. The van der Waals surface area contributed by atoms with Crippen LogP contribution in [0.15, 0.2) is 59.5 Å². The molecular formula is C16H12N2OSe. The minimum atomic E-state index is 0.0980. The number of rotatable bonds is 2. The number of benzene rings is 2. The number of nitrogens with zero attached hydrogens (tertiary/aromatic N) is 1. The number of aromatic nitrogens is 2. The fourth-order valence-corrected chi connectivity index (χ4v) is 4.64. The summed E-state index contributed by atoms with van der Waals surface area (Å²) in [5.74, 6) is 0. The molecule has 2 aromatic heterocycles. The number of fused-ring (bicyclic) bond motifs is 2. The van der Waals surface area contributed by atoms with Gasteiger partial charge in [0.15, 0.2) is 0 Å². The predicted molar refractivity (Wildman–Crippen MR) is 82.5 cm³/mol. The number of hydrogen-bond donors (Lipinski definition) is 1. The molecule has 0 saturated carbocycles. The van der Waals surface area contributed by atoms with Gasteiger partial charge in [0.05, 0.1) is 0 Å². The molecule has 0 amide bonds. The van der Waals surface area contributed by atoms with Gasteiger partial charge in [0.2, 0.25) is 0 Å². The Morgan fingerprint density at radius 1 is 1.10 bits per heavy atom. The topological polar surface area (TPSA) is 37.8 Å². The molecule has 1 N–H and O–H groups in total. The quantitative estimate of drug-likeness (QED) is 0.565. The summed E-state index contributed by atoms with van der Waals surface area (Å²) in [6.07, 6.45) is 1.94. The second-order valence-corrected chi connectivity index (χ2v) is 7.06. The van der Waals surface area contributed by atoms with Crippen LogP contribution < -0.4 is 5.56 Å². The first-order valence-electron chi connectivity index (χ1n) is 6.46. The van der Waals surface area contributed by atoms with E-state index in [4.69, 9.17) is 0 Å². The summed E-state index contributed by atoms with van der Waals surface area (Å²) in [6, 6.07) is 16.3. The van der Waals surface area contributed by atoms with E-state index in [0.29, 0.717) is 6.54 Å². The van der Waals surface area contributed by atoms with Crippen molar-refractivity contribution in [3.8, 4) is 0 Å². The molecule has 0 bridgehead atoms. The SMILES string of the molecule is O=c1c2ccccc2[se]n1Cc1ccc2[nH]ccc2c1. The molecule has 0 unspecified atom stereocenters. The van der Waals surface area contributed by atoms with Crippen LogP contribution in [0.3, 0.4) is 0 Å². The first kappa shape index (κ1) is 11.8. The Morgan fingerprint density at radius 3 is 2.90 bits per heavy atom. The van der Waals surface area contributed by atoms with Crippen LogP contribution in [0.1, 0.15) is 5.56 Å². The number of nitrogens with one attached hydrogen (secondary N) is 1. The van der Waals surface area contributed by atoms with Gasteiger partial charge in [-0.2, -0.15) is 0 Å². The van der Waals surface area contributed by atoms with Gasteiger partial charge < -0.3 is 0 Å². The van der Waals surface area contributed by atoms with Gasteiger partial charge in [-0.1, -0.05) is 0 Å².